The summed E-state index contributed by atoms with van der Waals surface area (Å²) < 4.78 is 5.13. The Balaban J connectivity index is 1.92. The molecule has 1 aliphatic rings. The van der Waals surface area contributed by atoms with Crippen LogP contribution in [0.2, 0.25) is 0 Å². The Hall–Kier alpha value is -1.75. The second-order valence-corrected chi connectivity index (χ2v) is 5.18. The van der Waals surface area contributed by atoms with Crippen LogP contribution in [0.25, 0.3) is 0 Å². The highest BCUT2D eigenvalue weighted by atomic mass is 16.5. The first-order valence-electron chi connectivity index (χ1n) is 7.08. The van der Waals surface area contributed by atoms with E-state index in [1.165, 1.54) is 0 Å². The standard InChI is InChI=1S/C15H23N3O2/c1-3-18-8-7-11(10-18)9-17-15(19)12-5-4-6-13(20-2)14(12)16/h4-6,11H,3,7-10,16H2,1-2H3,(H,17,19). The Morgan fingerprint density at radius 2 is 2.35 bits per heavy atom. The van der Waals surface area contributed by atoms with Crippen LogP contribution in [0.5, 0.6) is 5.75 Å². The molecule has 1 atom stereocenters. The van der Waals surface area contributed by atoms with Gasteiger partial charge in [0.2, 0.25) is 0 Å². The van der Waals surface area contributed by atoms with E-state index in [9.17, 15) is 4.79 Å². The van der Waals surface area contributed by atoms with Gasteiger partial charge in [-0.05, 0) is 37.6 Å². The zero-order valence-corrected chi connectivity index (χ0v) is 12.2. The van der Waals surface area contributed by atoms with E-state index in [0.29, 0.717) is 29.5 Å². The van der Waals surface area contributed by atoms with Gasteiger partial charge >= 0.3 is 0 Å². The van der Waals surface area contributed by atoms with Crippen LogP contribution in [0.3, 0.4) is 0 Å². The molecule has 20 heavy (non-hydrogen) atoms. The molecule has 0 bridgehead atoms. The zero-order chi connectivity index (χ0) is 14.5. The molecule has 1 aromatic rings. The second kappa shape index (κ2) is 6.61. The molecule has 5 heteroatoms. The topological polar surface area (TPSA) is 67.6 Å². The molecule has 1 unspecified atom stereocenters. The highest BCUT2D eigenvalue weighted by molar-refractivity contribution is 6.00. The summed E-state index contributed by atoms with van der Waals surface area (Å²) in [5.41, 5.74) is 6.81. The predicted octanol–water partition coefficient (Wildman–Crippen LogP) is 1.35. The Kier molecular flexibility index (Phi) is 4.84. The number of benzene rings is 1. The van der Waals surface area contributed by atoms with Gasteiger partial charge in [0.1, 0.15) is 5.75 Å². The van der Waals surface area contributed by atoms with Gasteiger partial charge in [0.25, 0.3) is 5.91 Å². The molecule has 0 aliphatic carbocycles. The molecule has 1 saturated heterocycles. The minimum absolute atomic E-state index is 0.128. The first kappa shape index (κ1) is 14.7. The van der Waals surface area contributed by atoms with Gasteiger partial charge < -0.3 is 20.7 Å². The van der Waals surface area contributed by atoms with Crippen LogP contribution in [-0.4, -0.2) is 44.1 Å². The highest BCUT2D eigenvalue weighted by Crippen LogP contribution is 2.24. The van der Waals surface area contributed by atoms with Crippen molar-refractivity contribution in [2.24, 2.45) is 5.92 Å². The number of carbonyl (C=O) groups excluding carboxylic acids is 1. The SMILES string of the molecule is CCN1CCC(CNC(=O)c2cccc(OC)c2N)C1. The van der Waals surface area contributed by atoms with Crippen LogP contribution >= 0.6 is 0 Å². The van der Waals surface area contributed by atoms with Crippen LogP contribution in [0.1, 0.15) is 23.7 Å². The minimum Gasteiger partial charge on any atom is -0.495 e. The van der Waals surface area contributed by atoms with Crippen molar-refractivity contribution in [2.75, 3.05) is 39.0 Å². The van der Waals surface area contributed by atoms with Crippen LogP contribution in [0.4, 0.5) is 5.69 Å². The van der Waals surface area contributed by atoms with Crippen molar-refractivity contribution >= 4 is 11.6 Å². The van der Waals surface area contributed by atoms with Gasteiger partial charge in [0.05, 0.1) is 18.4 Å². The highest BCUT2D eigenvalue weighted by Gasteiger charge is 2.22. The van der Waals surface area contributed by atoms with E-state index < -0.39 is 0 Å². The van der Waals surface area contributed by atoms with E-state index in [2.05, 4.69) is 17.1 Å². The summed E-state index contributed by atoms with van der Waals surface area (Å²) in [6.45, 7) is 6.12. The van der Waals surface area contributed by atoms with Crippen LogP contribution in [0, 0.1) is 5.92 Å². The summed E-state index contributed by atoms with van der Waals surface area (Å²) in [6.07, 6.45) is 1.14. The van der Waals surface area contributed by atoms with Gasteiger partial charge in [-0.25, -0.2) is 0 Å². The Morgan fingerprint density at radius 3 is 3.00 bits per heavy atom. The van der Waals surface area contributed by atoms with Gasteiger partial charge in [-0.1, -0.05) is 13.0 Å². The molecule has 0 radical (unpaired) electrons. The van der Waals surface area contributed by atoms with Crippen molar-refractivity contribution in [1.82, 2.24) is 10.2 Å². The molecule has 0 aromatic heterocycles. The van der Waals surface area contributed by atoms with Crippen LogP contribution < -0.4 is 15.8 Å². The summed E-state index contributed by atoms with van der Waals surface area (Å²) in [7, 11) is 1.55. The molecule has 110 valence electrons. The fourth-order valence-electron chi connectivity index (χ4n) is 2.62. The summed E-state index contributed by atoms with van der Waals surface area (Å²) in [5.74, 6) is 0.942. The van der Waals surface area contributed by atoms with Crippen molar-refractivity contribution in [3.8, 4) is 5.75 Å². The van der Waals surface area contributed by atoms with Crippen molar-refractivity contribution in [1.29, 1.82) is 0 Å². The third-order valence-electron chi connectivity index (χ3n) is 3.90. The molecule has 5 nitrogen and oxygen atoms in total. The van der Waals surface area contributed by atoms with Crippen LogP contribution in [0.15, 0.2) is 18.2 Å². The maximum atomic E-state index is 12.2. The number of amides is 1. The number of carbonyl (C=O) groups is 1. The van der Waals surface area contributed by atoms with E-state index in [1.54, 1.807) is 25.3 Å². The minimum atomic E-state index is -0.128. The third-order valence-corrected chi connectivity index (χ3v) is 3.90. The number of hydrogen-bond acceptors (Lipinski definition) is 4. The normalized spacial score (nSPS) is 19.0. The lowest BCUT2D eigenvalue weighted by molar-refractivity contribution is 0.0948. The number of nitrogens with one attached hydrogen (secondary N) is 1. The molecule has 1 amide bonds. The molecule has 2 rings (SSSR count). The number of likely N-dealkylation sites (tertiary alicyclic amines) is 1. The Morgan fingerprint density at radius 1 is 1.55 bits per heavy atom. The fraction of sp³-hybridized carbons (Fsp3) is 0.533. The van der Waals surface area contributed by atoms with Gasteiger partial charge in [0, 0.05) is 13.1 Å². The van der Waals surface area contributed by atoms with E-state index >= 15 is 0 Å². The molecular formula is C15H23N3O2. The van der Waals surface area contributed by atoms with Gasteiger partial charge in [-0.3, -0.25) is 4.79 Å². The average molecular weight is 277 g/mol. The van der Waals surface area contributed by atoms with Gasteiger partial charge in [-0.2, -0.15) is 0 Å². The maximum absolute atomic E-state index is 12.2. The maximum Gasteiger partial charge on any atom is 0.253 e. The largest absolute Gasteiger partial charge is 0.495 e. The van der Waals surface area contributed by atoms with Crippen LogP contribution in [-0.2, 0) is 0 Å². The lowest BCUT2D eigenvalue weighted by Crippen LogP contribution is -2.31. The Labute approximate surface area is 120 Å². The molecular weight excluding hydrogens is 254 g/mol. The number of nitrogen functional groups attached to an aromatic ring is 1. The van der Waals surface area contributed by atoms with Crippen molar-refractivity contribution in [3.63, 3.8) is 0 Å². The molecule has 1 aliphatic heterocycles. The first-order valence-corrected chi connectivity index (χ1v) is 7.08. The number of anilines is 1. The second-order valence-electron chi connectivity index (χ2n) is 5.18. The predicted molar refractivity (Wildman–Crippen MR) is 80.0 cm³/mol. The van der Waals surface area contributed by atoms with Crippen molar-refractivity contribution < 1.29 is 9.53 Å². The van der Waals surface area contributed by atoms with Crippen molar-refractivity contribution in [2.45, 2.75) is 13.3 Å². The quantitative estimate of drug-likeness (QED) is 0.797. The van der Waals surface area contributed by atoms with E-state index in [4.69, 9.17) is 10.5 Å². The number of rotatable bonds is 5. The number of nitrogens with two attached hydrogens (primary N) is 1. The Bertz CT molecular complexity index is 476. The molecule has 3 N–H and O–H groups in total. The molecule has 1 heterocycles. The summed E-state index contributed by atoms with van der Waals surface area (Å²) in [6, 6.07) is 5.25. The van der Waals surface area contributed by atoms with Gasteiger partial charge in [0.15, 0.2) is 0 Å². The average Bonchev–Trinajstić information content (AvgIpc) is 2.93. The number of hydrogen-bond donors (Lipinski definition) is 2. The number of nitrogens with zero attached hydrogens (tertiary/aromatic N) is 1. The van der Waals surface area contributed by atoms with Gasteiger partial charge in [-0.15, -0.1) is 0 Å². The summed E-state index contributed by atoms with van der Waals surface area (Å²) >= 11 is 0. The summed E-state index contributed by atoms with van der Waals surface area (Å²) in [4.78, 5) is 14.6. The molecule has 0 spiro atoms. The first-order chi connectivity index (χ1) is 9.65. The lowest BCUT2D eigenvalue weighted by atomic mass is 10.1. The third kappa shape index (κ3) is 3.22. The number of methoxy groups -OCH3 is 1. The smallest absolute Gasteiger partial charge is 0.253 e. The number of para-hydroxylation sites is 1. The molecule has 1 fully saturated rings. The zero-order valence-electron chi connectivity index (χ0n) is 12.2. The lowest BCUT2D eigenvalue weighted by Gasteiger charge is -2.14. The number of ether oxygens (including phenoxy) is 1. The monoisotopic (exact) mass is 277 g/mol. The molecule has 1 aromatic carbocycles. The van der Waals surface area contributed by atoms with E-state index in [1.807, 2.05) is 0 Å². The van der Waals surface area contributed by atoms with E-state index in [0.717, 1.165) is 26.1 Å². The summed E-state index contributed by atoms with van der Waals surface area (Å²) in [5, 5.41) is 2.98. The molecule has 0 saturated carbocycles. The van der Waals surface area contributed by atoms with E-state index in [-0.39, 0.29) is 5.91 Å². The van der Waals surface area contributed by atoms with Crippen molar-refractivity contribution in [3.05, 3.63) is 23.8 Å². The fourth-order valence-corrected chi connectivity index (χ4v) is 2.62.